The van der Waals surface area contributed by atoms with Gasteiger partial charge in [-0.2, -0.15) is 0 Å². The van der Waals surface area contributed by atoms with Crippen LogP contribution in [0.3, 0.4) is 0 Å². The maximum absolute atomic E-state index is 11.5. The number of hydroxylamine groups is 2. The van der Waals surface area contributed by atoms with E-state index in [1.807, 2.05) is 0 Å². The molecule has 1 rings (SSSR count). The molecule has 0 spiro atoms. The summed E-state index contributed by atoms with van der Waals surface area (Å²) in [5.74, 6) is -0.467. The first-order valence-electron chi connectivity index (χ1n) is 5.33. The Morgan fingerprint density at radius 1 is 1.33 bits per heavy atom. The smallest absolute Gasteiger partial charge is 0.306 e. The van der Waals surface area contributed by atoms with Gasteiger partial charge in [-0.05, 0) is 19.8 Å². The van der Waals surface area contributed by atoms with E-state index in [-0.39, 0.29) is 24.7 Å². The van der Waals surface area contributed by atoms with Crippen molar-refractivity contribution < 1.29 is 19.2 Å². The molecule has 0 aliphatic carbocycles. The van der Waals surface area contributed by atoms with Crippen LogP contribution in [-0.2, 0) is 19.2 Å². The van der Waals surface area contributed by atoms with E-state index in [2.05, 4.69) is 0 Å². The van der Waals surface area contributed by atoms with E-state index >= 15 is 0 Å². The van der Waals surface area contributed by atoms with Gasteiger partial charge in [0.25, 0.3) is 0 Å². The molecule has 1 amide bonds. The zero-order valence-corrected chi connectivity index (χ0v) is 9.03. The largest absolute Gasteiger partial charge is 0.466 e. The van der Waals surface area contributed by atoms with Crippen LogP contribution in [0.1, 0.15) is 32.6 Å². The molecule has 86 valence electrons. The van der Waals surface area contributed by atoms with Gasteiger partial charge in [0.1, 0.15) is 0 Å². The SMILES string of the molecule is CCOC(=O)CCC(=O)N1CCCCO1. The lowest BCUT2D eigenvalue weighted by Gasteiger charge is -2.25. The second-order valence-electron chi connectivity index (χ2n) is 3.34. The van der Waals surface area contributed by atoms with Crippen LogP contribution in [0.25, 0.3) is 0 Å². The number of amides is 1. The molecule has 1 fully saturated rings. The van der Waals surface area contributed by atoms with Gasteiger partial charge in [0.15, 0.2) is 0 Å². The standard InChI is InChI=1S/C10H17NO4/c1-2-14-10(13)6-5-9(12)11-7-3-4-8-15-11/h2-8H2,1H3. The predicted molar refractivity (Wildman–Crippen MR) is 52.8 cm³/mol. The summed E-state index contributed by atoms with van der Waals surface area (Å²) in [4.78, 5) is 27.7. The summed E-state index contributed by atoms with van der Waals surface area (Å²) in [6, 6.07) is 0. The molecule has 0 aromatic heterocycles. The maximum atomic E-state index is 11.5. The fraction of sp³-hybridized carbons (Fsp3) is 0.800. The first-order chi connectivity index (χ1) is 7.24. The third-order valence-electron chi connectivity index (χ3n) is 2.13. The molecule has 0 unspecified atom stereocenters. The van der Waals surface area contributed by atoms with E-state index in [1.165, 1.54) is 5.06 Å². The number of hydrogen-bond acceptors (Lipinski definition) is 4. The molecule has 0 aromatic carbocycles. The van der Waals surface area contributed by atoms with Crippen LogP contribution in [0.15, 0.2) is 0 Å². The fourth-order valence-electron chi connectivity index (χ4n) is 1.36. The topological polar surface area (TPSA) is 55.8 Å². The number of carbonyl (C=O) groups excluding carboxylic acids is 2. The van der Waals surface area contributed by atoms with E-state index in [0.717, 1.165) is 12.8 Å². The van der Waals surface area contributed by atoms with Gasteiger partial charge in [0.2, 0.25) is 5.91 Å². The van der Waals surface area contributed by atoms with Crippen molar-refractivity contribution in [3.63, 3.8) is 0 Å². The molecular weight excluding hydrogens is 198 g/mol. The quantitative estimate of drug-likeness (QED) is 0.653. The number of rotatable bonds is 4. The first-order valence-corrected chi connectivity index (χ1v) is 5.33. The van der Waals surface area contributed by atoms with Gasteiger partial charge in [0.05, 0.1) is 19.6 Å². The van der Waals surface area contributed by atoms with Crippen molar-refractivity contribution in [3.8, 4) is 0 Å². The summed E-state index contributed by atoms with van der Waals surface area (Å²) in [7, 11) is 0. The molecular formula is C10H17NO4. The molecule has 0 aromatic rings. The molecule has 5 nitrogen and oxygen atoms in total. The van der Waals surface area contributed by atoms with Crippen molar-refractivity contribution in [3.05, 3.63) is 0 Å². The number of nitrogens with zero attached hydrogens (tertiary/aromatic N) is 1. The molecule has 1 heterocycles. The van der Waals surface area contributed by atoms with Gasteiger partial charge in [0, 0.05) is 13.0 Å². The van der Waals surface area contributed by atoms with Crippen LogP contribution in [0.2, 0.25) is 0 Å². The Labute approximate surface area is 89.3 Å². The highest BCUT2D eigenvalue weighted by Gasteiger charge is 2.18. The molecule has 0 bridgehead atoms. The predicted octanol–water partition coefficient (Wildman–Crippen LogP) is 0.884. The van der Waals surface area contributed by atoms with E-state index in [0.29, 0.717) is 19.8 Å². The van der Waals surface area contributed by atoms with Crippen LogP contribution in [0, 0.1) is 0 Å². The van der Waals surface area contributed by atoms with Crippen LogP contribution in [0.5, 0.6) is 0 Å². The average Bonchev–Trinajstić information content (AvgIpc) is 2.27. The second-order valence-corrected chi connectivity index (χ2v) is 3.34. The number of ether oxygens (including phenoxy) is 1. The Morgan fingerprint density at radius 3 is 2.73 bits per heavy atom. The van der Waals surface area contributed by atoms with Gasteiger partial charge in [-0.1, -0.05) is 0 Å². The number of esters is 1. The maximum Gasteiger partial charge on any atom is 0.306 e. The van der Waals surface area contributed by atoms with Gasteiger partial charge >= 0.3 is 5.97 Å². The normalized spacial score (nSPS) is 16.2. The van der Waals surface area contributed by atoms with Crippen molar-refractivity contribution in [1.82, 2.24) is 5.06 Å². The molecule has 1 aliphatic heterocycles. The monoisotopic (exact) mass is 215 g/mol. The summed E-state index contributed by atoms with van der Waals surface area (Å²) in [6.07, 6.45) is 2.25. The second kappa shape index (κ2) is 6.40. The van der Waals surface area contributed by atoms with Crippen molar-refractivity contribution in [2.45, 2.75) is 32.6 Å². The fourth-order valence-corrected chi connectivity index (χ4v) is 1.36. The molecule has 0 radical (unpaired) electrons. The van der Waals surface area contributed by atoms with E-state index in [1.54, 1.807) is 6.92 Å². The Kier molecular flexibility index (Phi) is 5.10. The third-order valence-corrected chi connectivity index (χ3v) is 2.13. The van der Waals surface area contributed by atoms with Crippen molar-refractivity contribution >= 4 is 11.9 Å². The van der Waals surface area contributed by atoms with Gasteiger partial charge < -0.3 is 4.74 Å². The highest BCUT2D eigenvalue weighted by Crippen LogP contribution is 2.08. The Hall–Kier alpha value is -1.10. The Bertz CT molecular complexity index is 223. The molecule has 5 heteroatoms. The van der Waals surface area contributed by atoms with Gasteiger partial charge in [-0.3, -0.25) is 14.4 Å². The van der Waals surface area contributed by atoms with E-state index in [4.69, 9.17) is 9.57 Å². The van der Waals surface area contributed by atoms with Crippen LogP contribution < -0.4 is 0 Å². The van der Waals surface area contributed by atoms with Crippen LogP contribution >= 0.6 is 0 Å². The third kappa shape index (κ3) is 4.29. The lowest BCUT2D eigenvalue weighted by molar-refractivity contribution is -0.197. The number of hydrogen-bond donors (Lipinski definition) is 0. The van der Waals surface area contributed by atoms with Crippen molar-refractivity contribution in [2.75, 3.05) is 19.8 Å². The van der Waals surface area contributed by atoms with Crippen LogP contribution in [0.4, 0.5) is 0 Å². The van der Waals surface area contributed by atoms with Gasteiger partial charge in [-0.15, -0.1) is 0 Å². The molecule has 1 saturated heterocycles. The summed E-state index contributed by atoms with van der Waals surface area (Å²) in [5.41, 5.74) is 0. The van der Waals surface area contributed by atoms with Crippen molar-refractivity contribution in [2.24, 2.45) is 0 Å². The lowest BCUT2D eigenvalue weighted by atomic mass is 10.2. The zero-order chi connectivity index (χ0) is 11.1. The van der Waals surface area contributed by atoms with E-state index in [9.17, 15) is 9.59 Å². The van der Waals surface area contributed by atoms with Crippen molar-refractivity contribution in [1.29, 1.82) is 0 Å². The summed E-state index contributed by atoms with van der Waals surface area (Å²) >= 11 is 0. The molecule has 0 saturated carbocycles. The molecule has 15 heavy (non-hydrogen) atoms. The summed E-state index contributed by atoms with van der Waals surface area (Å²) in [5, 5.41) is 1.35. The van der Waals surface area contributed by atoms with E-state index < -0.39 is 0 Å². The minimum absolute atomic E-state index is 0.131. The molecule has 1 aliphatic rings. The highest BCUT2D eigenvalue weighted by atomic mass is 16.7. The molecule has 0 atom stereocenters. The first kappa shape index (κ1) is 12.0. The minimum Gasteiger partial charge on any atom is -0.466 e. The average molecular weight is 215 g/mol. The molecule has 0 N–H and O–H groups in total. The Balaban J connectivity index is 2.19. The highest BCUT2D eigenvalue weighted by molar-refractivity contribution is 5.80. The summed E-state index contributed by atoms with van der Waals surface area (Å²) in [6.45, 7) is 3.31. The summed E-state index contributed by atoms with van der Waals surface area (Å²) < 4.78 is 4.73. The van der Waals surface area contributed by atoms with Gasteiger partial charge in [-0.25, -0.2) is 5.06 Å². The lowest BCUT2D eigenvalue weighted by Crippen LogP contribution is -2.35. The van der Waals surface area contributed by atoms with Crippen LogP contribution in [-0.4, -0.2) is 36.7 Å². The Morgan fingerprint density at radius 2 is 2.13 bits per heavy atom. The zero-order valence-electron chi connectivity index (χ0n) is 9.03. The number of carbonyl (C=O) groups is 2. The minimum atomic E-state index is -0.331.